The summed E-state index contributed by atoms with van der Waals surface area (Å²) in [6.45, 7) is 8.18. The number of carbonyl (C=O) groups is 1. The van der Waals surface area contributed by atoms with Crippen LogP contribution in [0.2, 0.25) is 0 Å². The molecule has 0 atom stereocenters. The Morgan fingerprint density at radius 3 is 2.33 bits per heavy atom. The summed E-state index contributed by atoms with van der Waals surface area (Å²) in [6, 6.07) is 0. The normalized spacial score (nSPS) is 28.7. The van der Waals surface area contributed by atoms with Crippen LogP contribution in [0.25, 0.3) is 0 Å². The molecule has 0 aliphatic heterocycles. The van der Waals surface area contributed by atoms with Gasteiger partial charge >= 0.3 is 0 Å². The Kier molecular flexibility index (Phi) is 4.24. The molecule has 5 nitrogen and oxygen atoms in total. The van der Waals surface area contributed by atoms with E-state index in [4.69, 9.17) is 10.9 Å². The summed E-state index contributed by atoms with van der Waals surface area (Å²) in [5, 5.41) is 15.0. The molecule has 0 saturated heterocycles. The van der Waals surface area contributed by atoms with E-state index in [9.17, 15) is 4.79 Å². The van der Waals surface area contributed by atoms with Gasteiger partial charge in [-0.2, -0.15) is 0 Å². The van der Waals surface area contributed by atoms with Crippen LogP contribution in [0, 0.1) is 11.3 Å². The molecule has 1 aliphatic rings. The van der Waals surface area contributed by atoms with Crippen LogP contribution in [-0.2, 0) is 4.79 Å². The van der Waals surface area contributed by atoms with E-state index in [0.29, 0.717) is 18.8 Å². The van der Waals surface area contributed by atoms with Crippen LogP contribution in [0.15, 0.2) is 5.16 Å². The lowest BCUT2D eigenvalue weighted by atomic mass is 9.61. The fraction of sp³-hybridized carbons (Fsp3) is 0.846. The van der Waals surface area contributed by atoms with Gasteiger partial charge in [-0.1, -0.05) is 25.9 Å². The third kappa shape index (κ3) is 2.44. The minimum absolute atomic E-state index is 0.0349. The molecular formula is C13H25N3O2. The molecule has 5 heteroatoms. The van der Waals surface area contributed by atoms with E-state index in [0.717, 1.165) is 12.8 Å². The molecule has 0 bridgehead atoms. The third-order valence-electron chi connectivity index (χ3n) is 4.40. The van der Waals surface area contributed by atoms with Gasteiger partial charge in [0.25, 0.3) is 0 Å². The standard InChI is InChI=1S/C13H25N3O2/c1-5-12(4,6-2)15-11(17)13(10(14)16-18)7-9(3)8-13/h9,18H,5-8H2,1-4H3,(H2,14,16)(H,15,17). The molecule has 0 heterocycles. The molecule has 104 valence electrons. The van der Waals surface area contributed by atoms with Crippen molar-refractivity contribution in [2.45, 2.75) is 58.9 Å². The van der Waals surface area contributed by atoms with Crippen molar-refractivity contribution < 1.29 is 10.0 Å². The zero-order chi connectivity index (χ0) is 14.0. The van der Waals surface area contributed by atoms with Gasteiger partial charge in [-0.3, -0.25) is 4.79 Å². The van der Waals surface area contributed by atoms with Gasteiger partial charge in [-0.15, -0.1) is 0 Å². The van der Waals surface area contributed by atoms with Crippen LogP contribution >= 0.6 is 0 Å². The lowest BCUT2D eigenvalue weighted by molar-refractivity contribution is -0.135. The zero-order valence-corrected chi connectivity index (χ0v) is 11.8. The number of nitrogens with two attached hydrogens (primary N) is 1. The Hall–Kier alpha value is -1.26. The topological polar surface area (TPSA) is 87.7 Å². The van der Waals surface area contributed by atoms with Gasteiger partial charge in [0.2, 0.25) is 5.91 Å². The summed E-state index contributed by atoms with van der Waals surface area (Å²) in [5.41, 5.74) is 4.69. The highest BCUT2D eigenvalue weighted by Crippen LogP contribution is 2.46. The lowest BCUT2D eigenvalue weighted by Crippen LogP contribution is -2.60. The first kappa shape index (κ1) is 14.8. The number of nitrogens with zero attached hydrogens (tertiary/aromatic N) is 1. The number of nitrogens with one attached hydrogen (secondary N) is 1. The first-order chi connectivity index (χ1) is 8.33. The maximum Gasteiger partial charge on any atom is 0.234 e. The minimum atomic E-state index is -0.806. The average Bonchev–Trinajstić information content (AvgIpc) is 2.33. The third-order valence-corrected chi connectivity index (χ3v) is 4.40. The highest BCUT2D eigenvalue weighted by Gasteiger charge is 2.53. The second kappa shape index (κ2) is 5.16. The number of rotatable bonds is 5. The maximum atomic E-state index is 12.4. The van der Waals surface area contributed by atoms with E-state index in [1.54, 1.807) is 0 Å². The van der Waals surface area contributed by atoms with Crippen molar-refractivity contribution in [3.8, 4) is 0 Å². The number of oxime groups is 1. The average molecular weight is 255 g/mol. The monoisotopic (exact) mass is 255 g/mol. The Labute approximate surface area is 109 Å². The van der Waals surface area contributed by atoms with Crippen LogP contribution in [-0.4, -0.2) is 22.5 Å². The van der Waals surface area contributed by atoms with Crippen molar-refractivity contribution in [1.82, 2.24) is 5.32 Å². The Morgan fingerprint density at radius 2 is 2.00 bits per heavy atom. The predicted octanol–water partition coefficient (Wildman–Crippen LogP) is 1.84. The molecule has 0 aromatic heterocycles. The largest absolute Gasteiger partial charge is 0.409 e. The molecule has 1 amide bonds. The van der Waals surface area contributed by atoms with Crippen molar-refractivity contribution in [2.24, 2.45) is 22.2 Å². The van der Waals surface area contributed by atoms with Crippen LogP contribution in [0.5, 0.6) is 0 Å². The second-order valence-corrected chi connectivity index (χ2v) is 5.80. The summed E-state index contributed by atoms with van der Waals surface area (Å²) in [5.74, 6) is 0.361. The summed E-state index contributed by atoms with van der Waals surface area (Å²) >= 11 is 0. The molecule has 18 heavy (non-hydrogen) atoms. The molecule has 0 spiro atoms. The first-order valence-electron chi connectivity index (χ1n) is 6.64. The van der Waals surface area contributed by atoms with Crippen molar-refractivity contribution in [3.05, 3.63) is 0 Å². The lowest BCUT2D eigenvalue weighted by Gasteiger charge is -2.45. The van der Waals surface area contributed by atoms with Gasteiger partial charge in [0.05, 0.1) is 0 Å². The van der Waals surface area contributed by atoms with Crippen molar-refractivity contribution in [3.63, 3.8) is 0 Å². The van der Waals surface area contributed by atoms with Crippen LogP contribution in [0.4, 0.5) is 0 Å². The number of amides is 1. The van der Waals surface area contributed by atoms with Gasteiger partial charge in [-0.25, -0.2) is 0 Å². The molecule has 0 unspecified atom stereocenters. The fourth-order valence-electron chi connectivity index (χ4n) is 2.56. The van der Waals surface area contributed by atoms with Crippen LogP contribution in [0.3, 0.4) is 0 Å². The van der Waals surface area contributed by atoms with Crippen molar-refractivity contribution >= 4 is 11.7 Å². The maximum absolute atomic E-state index is 12.4. The van der Waals surface area contributed by atoms with Gasteiger partial charge in [-0.05, 0) is 38.5 Å². The van der Waals surface area contributed by atoms with E-state index < -0.39 is 5.41 Å². The molecule has 0 radical (unpaired) electrons. The number of hydrogen-bond acceptors (Lipinski definition) is 3. The molecule has 1 saturated carbocycles. The van der Waals surface area contributed by atoms with Gasteiger partial charge in [0, 0.05) is 5.54 Å². The van der Waals surface area contributed by atoms with E-state index in [1.165, 1.54) is 0 Å². The first-order valence-corrected chi connectivity index (χ1v) is 6.64. The molecule has 1 aliphatic carbocycles. The van der Waals surface area contributed by atoms with Gasteiger partial charge in [0.1, 0.15) is 5.41 Å². The van der Waals surface area contributed by atoms with Gasteiger partial charge < -0.3 is 16.3 Å². The number of amidine groups is 1. The minimum Gasteiger partial charge on any atom is -0.409 e. The van der Waals surface area contributed by atoms with E-state index in [2.05, 4.69) is 17.4 Å². The van der Waals surface area contributed by atoms with E-state index in [1.807, 2.05) is 20.8 Å². The smallest absolute Gasteiger partial charge is 0.234 e. The predicted molar refractivity (Wildman–Crippen MR) is 71.4 cm³/mol. The van der Waals surface area contributed by atoms with Gasteiger partial charge in [0.15, 0.2) is 5.84 Å². The molecule has 1 fully saturated rings. The summed E-state index contributed by atoms with van der Waals surface area (Å²) < 4.78 is 0. The second-order valence-electron chi connectivity index (χ2n) is 5.80. The van der Waals surface area contributed by atoms with Crippen LogP contribution < -0.4 is 11.1 Å². The molecule has 1 rings (SSSR count). The quantitative estimate of drug-likeness (QED) is 0.303. The highest BCUT2D eigenvalue weighted by molar-refractivity contribution is 6.07. The molecule has 0 aromatic carbocycles. The summed E-state index contributed by atoms with van der Waals surface area (Å²) in [6.07, 6.45) is 3.02. The fourth-order valence-corrected chi connectivity index (χ4v) is 2.56. The zero-order valence-electron chi connectivity index (χ0n) is 11.8. The van der Waals surface area contributed by atoms with E-state index in [-0.39, 0.29) is 17.3 Å². The van der Waals surface area contributed by atoms with Crippen LogP contribution in [0.1, 0.15) is 53.4 Å². The molecule has 0 aromatic rings. The Morgan fingerprint density at radius 1 is 1.50 bits per heavy atom. The van der Waals surface area contributed by atoms with E-state index >= 15 is 0 Å². The van der Waals surface area contributed by atoms with Crippen molar-refractivity contribution in [1.29, 1.82) is 0 Å². The summed E-state index contributed by atoms with van der Waals surface area (Å²) in [7, 11) is 0. The summed E-state index contributed by atoms with van der Waals surface area (Å²) in [4.78, 5) is 12.4. The van der Waals surface area contributed by atoms with Crippen molar-refractivity contribution in [2.75, 3.05) is 0 Å². The molecular weight excluding hydrogens is 230 g/mol. The SMILES string of the molecule is CCC(C)(CC)NC(=O)C1(C(N)=NO)CC(C)C1. The number of hydrogen-bond donors (Lipinski definition) is 3. The Bertz CT molecular complexity index is 342. The Balaban J connectivity index is 2.87. The number of carbonyl (C=O) groups excluding carboxylic acids is 1. The molecule has 4 N–H and O–H groups in total. The highest BCUT2D eigenvalue weighted by atomic mass is 16.4.